The van der Waals surface area contributed by atoms with Crippen molar-refractivity contribution in [2.24, 2.45) is 17.8 Å². The highest BCUT2D eigenvalue weighted by Gasteiger charge is 2.57. The number of Topliss-reactive ketones (excluding diaryl/α,β-unsaturated/α-hetero) is 1. The number of aliphatic hydroxyl groups is 2. The van der Waals surface area contributed by atoms with Gasteiger partial charge in [-0.2, -0.15) is 0 Å². The maximum atomic E-state index is 13.4. The van der Waals surface area contributed by atoms with Crippen LogP contribution in [0.4, 0.5) is 0 Å². The second kappa shape index (κ2) is 10.8. The van der Waals surface area contributed by atoms with Gasteiger partial charge in [-0.1, -0.05) is 33.4 Å². The summed E-state index contributed by atoms with van der Waals surface area (Å²) in [6, 6.07) is 0. The monoisotopic (exact) mass is 480 g/mol. The lowest BCUT2D eigenvalue weighted by Gasteiger charge is -2.41. The van der Waals surface area contributed by atoms with E-state index in [1.165, 1.54) is 19.9 Å². The zero-order valence-corrected chi connectivity index (χ0v) is 20.7. The molecule has 1 aliphatic heterocycles. The molecule has 0 radical (unpaired) electrons. The van der Waals surface area contributed by atoms with Gasteiger partial charge in [-0.15, -0.1) is 0 Å². The summed E-state index contributed by atoms with van der Waals surface area (Å²) in [5, 5.41) is 21.9. The van der Waals surface area contributed by atoms with E-state index in [4.69, 9.17) is 14.2 Å². The summed E-state index contributed by atoms with van der Waals surface area (Å²) >= 11 is 0. The number of carbonyl (C=O) groups is 4. The molecule has 2 rings (SSSR count). The predicted octanol–water partition coefficient (Wildman–Crippen LogP) is 2.03. The molecule has 0 unspecified atom stereocenters. The first-order valence-electron chi connectivity index (χ1n) is 11.6. The number of fused-ring (bicyclic) bond motifs is 1. The van der Waals surface area contributed by atoms with Gasteiger partial charge < -0.3 is 24.4 Å². The van der Waals surface area contributed by atoms with E-state index in [9.17, 15) is 29.4 Å². The maximum absolute atomic E-state index is 13.4. The molecule has 2 aliphatic rings. The number of rotatable bonds is 5. The minimum Gasteiger partial charge on any atom is -0.455 e. The van der Waals surface area contributed by atoms with Gasteiger partial charge in [-0.05, 0) is 33.6 Å². The smallest absolute Gasteiger partial charge is 0.334 e. The Bertz CT molecular complexity index is 872. The highest BCUT2D eigenvalue weighted by atomic mass is 16.6. The minimum absolute atomic E-state index is 0.0314. The Kier molecular flexibility index (Phi) is 8.82. The van der Waals surface area contributed by atoms with E-state index < -0.39 is 71.5 Å². The van der Waals surface area contributed by atoms with Crippen molar-refractivity contribution in [1.82, 2.24) is 0 Å². The zero-order chi connectivity index (χ0) is 26.0. The Balaban J connectivity index is 2.64. The molecule has 0 aromatic carbocycles. The molecule has 1 aliphatic carbocycles. The summed E-state index contributed by atoms with van der Waals surface area (Å²) < 4.78 is 16.7. The summed E-state index contributed by atoms with van der Waals surface area (Å²) in [5.41, 5.74) is -1.70. The van der Waals surface area contributed by atoms with Crippen molar-refractivity contribution in [3.63, 3.8) is 0 Å². The van der Waals surface area contributed by atoms with Crippen LogP contribution < -0.4 is 0 Å². The molecule has 0 aromatic rings. The van der Waals surface area contributed by atoms with Crippen LogP contribution in [0.1, 0.15) is 60.8 Å². The van der Waals surface area contributed by atoms with E-state index >= 15 is 0 Å². The van der Waals surface area contributed by atoms with Crippen molar-refractivity contribution in [2.45, 2.75) is 90.8 Å². The third-order valence-electron chi connectivity index (χ3n) is 6.79. The summed E-state index contributed by atoms with van der Waals surface area (Å²) in [6.07, 6.45) is -3.71. The van der Waals surface area contributed by atoms with E-state index in [2.05, 4.69) is 6.58 Å². The number of ketones is 1. The van der Waals surface area contributed by atoms with Crippen LogP contribution in [0, 0.1) is 17.8 Å². The molecule has 0 amide bonds. The maximum Gasteiger partial charge on any atom is 0.334 e. The van der Waals surface area contributed by atoms with Gasteiger partial charge >= 0.3 is 17.9 Å². The van der Waals surface area contributed by atoms with Crippen molar-refractivity contribution >= 4 is 23.7 Å². The van der Waals surface area contributed by atoms with Crippen LogP contribution in [0.5, 0.6) is 0 Å². The van der Waals surface area contributed by atoms with Crippen molar-refractivity contribution in [1.29, 1.82) is 0 Å². The van der Waals surface area contributed by atoms with Crippen molar-refractivity contribution in [2.75, 3.05) is 0 Å². The number of hydrogen-bond donors (Lipinski definition) is 2. The molecule has 9 nitrogen and oxygen atoms in total. The third kappa shape index (κ3) is 5.75. The van der Waals surface area contributed by atoms with Gasteiger partial charge in [0.15, 0.2) is 24.1 Å². The van der Waals surface area contributed by atoms with Crippen molar-refractivity contribution in [3.05, 3.63) is 23.8 Å². The standard InChI is InChI=1S/C25H36O9/c1-8-12(3)22(28)32-19-17-15(6)24(30)33-20(17)21(34-23(29)13(4)9-2)25(7,31)11-16(26)10-14(5)18(19)27/h8,13-14,16-17,19-21,26,31H,6,9-11H2,1-5,7H3/b12-8-/t13-,14+,16+,17-,19+,20-,21+,25+/m1/s1. The Hall–Kier alpha value is -2.52. The highest BCUT2D eigenvalue weighted by molar-refractivity contribution is 5.96. The molecule has 8 atom stereocenters. The number of ether oxygens (including phenoxy) is 3. The van der Waals surface area contributed by atoms with Crippen LogP contribution in [0.15, 0.2) is 23.8 Å². The van der Waals surface area contributed by atoms with Gasteiger partial charge in [0.25, 0.3) is 0 Å². The minimum atomic E-state index is -1.83. The quantitative estimate of drug-likeness (QED) is 0.344. The molecule has 0 bridgehead atoms. The fourth-order valence-electron chi connectivity index (χ4n) is 4.28. The summed E-state index contributed by atoms with van der Waals surface area (Å²) in [7, 11) is 0. The average Bonchev–Trinajstić information content (AvgIpc) is 3.05. The lowest BCUT2D eigenvalue weighted by molar-refractivity contribution is -0.199. The first kappa shape index (κ1) is 27.7. The van der Waals surface area contributed by atoms with Gasteiger partial charge in [-0.25, -0.2) is 9.59 Å². The number of hydrogen-bond acceptors (Lipinski definition) is 9. The van der Waals surface area contributed by atoms with Crippen LogP contribution in [0.25, 0.3) is 0 Å². The van der Waals surface area contributed by atoms with Crippen molar-refractivity contribution in [3.8, 4) is 0 Å². The molecule has 34 heavy (non-hydrogen) atoms. The molecule has 1 heterocycles. The van der Waals surface area contributed by atoms with Gasteiger partial charge in [-0.3, -0.25) is 9.59 Å². The SMILES string of the molecule is C=C1C(=O)O[C@@H]2[C@H]1[C@H](OC(=O)/C(C)=C\C)C(=O)[C@@H](C)C[C@H](O)C[C@](C)(O)[C@H]2OC(=O)[C@H](C)CC. The Morgan fingerprint density at radius 3 is 2.50 bits per heavy atom. The Morgan fingerprint density at radius 2 is 1.94 bits per heavy atom. The van der Waals surface area contributed by atoms with E-state index in [0.717, 1.165) is 0 Å². The van der Waals surface area contributed by atoms with Gasteiger partial charge in [0.1, 0.15) is 5.60 Å². The molecule has 0 aromatic heterocycles. The third-order valence-corrected chi connectivity index (χ3v) is 6.79. The fourth-order valence-corrected chi connectivity index (χ4v) is 4.28. The Labute approximate surface area is 200 Å². The van der Waals surface area contributed by atoms with E-state index in [1.807, 2.05) is 0 Å². The van der Waals surface area contributed by atoms with Crippen molar-refractivity contribution < 1.29 is 43.6 Å². The van der Waals surface area contributed by atoms with Gasteiger partial charge in [0.05, 0.1) is 17.9 Å². The molecule has 1 saturated carbocycles. The van der Waals surface area contributed by atoms with E-state index in [1.54, 1.807) is 27.7 Å². The molecular weight excluding hydrogens is 444 g/mol. The molecular formula is C25H36O9. The van der Waals surface area contributed by atoms with E-state index in [-0.39, 0.29) is 24.0 Å². The summed E-state index contributed by atoms with van der Waals surface area (Å²) in [4.78, 5) is 51.3. The molecule has 2 fully saturated rings. The lowest BCUT2D eigenvalue weighted by Crippen LogP contribution is -2.57. The van der Waals surface area contributed by atoms with Crippen LogP contribution in [0.2, 0.25) is 0 Å². The lowest BCUT2D eigenvalue weighted by atomic mass is 9.75. The molecule has 2 N–H and O–H groups in total. The number of esters is 3. The van der Waals surface area contributed by atoms with Crippen LogP contribution >= 0.6 is 0 Å². The number of allylic oxidation sites excluding steroid dienone is 1. The van der Waals surface area contributed by atoms with Crippen LogP contribution in [-0.2, 0) is 33.4 Å². The topological polar surface area (TPSA) is 136 Å². The highest BCUT2D eigenvalue weighted by Crippen LogP contribution is 2.41. The predicted molar refractivity (Wildman–Crippen MR) is 121 cm³/mol. The summed E-state index contributed by atoms with van der Waals surface area (Å²) in [5.74, 6) is -5.24. The Morgan fingerprint density at radius 1 is 1.32 bits per heavy atom. The molecule has 0 spiro atoms. The molecule has 190 valence electrons. The second-order valence-corrected chi connectivity index (χ2v) is 9.64. The number of carbonyl (C=O) groups excluding carboxylic acids is 4. The summed E-state index contributed by atoms with van der Waals surface area (Å²) in [6.45, 7) is 13.3. The zero-order valence-electron chi connectivity index (χ0n) is 20.7. The number of aliphatic hydroxyl groups excluding tert-OH is 1. The molecule has 1 saturated heterocycles. The largest absolute Gasteiger partial charge is 0.455 e. The molecule has 9 heteroatoms. The normalized spacial score (nSPS) is 35.8. The van der Waals surface area contributed by atoms with E-state index in [0.29, 0.717) is 6.42 Å². The van der Waals surface area contributed by atoms with Crippen LogP contribution in [0.3, 0.4) is 0 Å². The second-order valence-electron chi connectivity index (χ2n) is 9.64. The fraction of sp³-hybridized carbons (Fsp3) is 0.680. The average molecular weight is 481 g/mol. The first-order chi connectivity index (χ1) is 15.7. The van der Waals surface area contributed by atoms with Gasteiger partial charge in [0.2, 0.25) is 0 Å². The van der Waals surface area contributed by atoms with Gasteiger partial charge in [0, 0.05) is 23.5 Å². The van der Waals surface area contributed by atoms with Crippen LogP contribution in [-0.4, -0.2) is 63.9 Å². The first-order valence-corrected chi connectivity index (χ1v) is 11.6.